The predicted octanol–water partition coefficient (Wildman–Crippen LogP) is 0.248. The summed E-state index contributed by atoms with van der Waals surface area (Å²) < 4.78 is 0. The Balaban J connectivity index is 2.10. The second kappa shape index (κ2) is 8.41. The molecule has 1 amide bonds. The van der Waals surface area contributed by atoms with Gasteiger partial charge in [-0.2, -0.15) is 5.26 Å². The number of rotatable bonds is 5. The largest absolute Gasteiger partial charge is 0.509 e. The molecule has 0 heterocycles. The minimum Gasteiger partial charge on any atom is -0.509 e. The van der Waals surface area contributed by atoms with Crippen LogP contribution >= 0.6 is 0 Å². The fourth-order valence-corrected chi connectivity index (χ4v) is 6.49. The van der Waals surface area contributed by atoms with E-state index in [-0.39, 0.29) is 24.2 Å². The molecular weight excluding hydrogens is 478 g/mol. The molecule has 37 heavy (non-hydrogen) atoms. The van der Waals surface area contributed by atoms with Crippen LogP contribution in [0.15, 0.2) is 29.0 Å². The van der Waals surface area contributed by atoms with Crippen LogP contribution in [0.5, 0.6) is 5.75 Å². The molecule has 1 saturated carbocycles. The van der Waals surface area contributed by atoms with Gasteiger partial charge in [-0.15, -0.1) is 0 Å². The maximum atomic E-state index is 14.2. The summed E-state index contributed by atoms with van der Waals surface area (Å²) >= 11 is 0. The first-order valence-corrected chi connectivity index (χ1v) is 12.0. The lowest BCUT2D eigenvalue weighted by Crippen LogP contribution is -2.80. The SMILES string of the molecule is CCCCc1ccc(O)c2c1C[C@@]1(N)C[C@@]3(N)[C@H](N(C)C)C(=O)C(C(N)=O)=C(O)[C@@]3(C#N)C(=O)C1=C2O. The summed E-state index contributed by atoms with van der Waals surface area (Å²) in [7, 11) is 2.96. The van der Waals surface area contributed by atoms with Crippen LogP contribution < -0.4 is 17.2 Å². The van der Waals surface area contributed by atoms with E-state index in [0.29, 0.717) is 12.0 Å². The molecule has 0 aromatic heterocycles. The monoisotopic (exact) mass is 509 g/mol. The van der Waals surface area contributed by atoms with E-state index in [1.54, 1.807) is 12.1 Å². The number of Topliss-reactive ketones (excluding diaryl/α,β-unsaturated/α-hetero) is 2. The van der Waals surface area contributed by atoms with Crippen molar-refractivity contribution in [3.63, 3.8) is 0 Å². The number of ketones is 2. The summed E-state index contributed by atoms with van der Waals surface area (Å²) in [6.07, 6.45) is 1.95. The smallest absolute Gasteiger partial charge is 0.255 e. The van der Waals surface area contributed by atoms with Crippen molar-refractivity contribution in [1.82, 2.24) is 4.90 Å². The summed E-state index contributed by atoms with van der Waals surface area (Å²) in [5.41, 5.74) is 12.7. The number of aryl methyl sites for hydroxylation is 1. The van der Waals surface area contributed by atoms with E-state index < -0.39 is 62.7 Å². The Hall–Kier alpha value is -3.72. The number of benzene rings is 1. The lowest BCUT2D eigenvalue weighted by molar-refractivity contribution is -0.139. The van der Waals surface area contributed by atoms with E-state index in [0.717, 1.165) is 18.4 Å². The molecule has 11 heteroatoms. The van der Waals surface area contributed by atoms with Crippen molar-refractivity contribution >= 4 is 23.2 Å². The lowest BCUT2D eigenvalue weighted by Gasteiger charge is -2.58. The molecule has 4 rings (SSSR count). The van der Waals surface area contributed by atoms with Gasteiger partial charge in [-0.05, 0) is 57.0 Å². The number of phenols is 1. The fourth-order valence-electron chi connectivity index (χ4n) is 6.49. The average molecular weight is 510 g/mol. The van der Waals surface area contributed by atoms with E-state index in [9.17, 15) is 35.0 Å². The zero-order valence-electron chi connectivity index (χ0n) is 21.0. The number of aliphatic hydroxyl groups is 2. The minimum atomic E-state index is -2.65. The molecule has 0 radical (unpaired) electrons. The van der Waals surface area contributed by atoms with Crippen LogP contribution in [-0.4, -0.2) is 68.9 Å². The second-order valence-corrected chi connectivity index (χ2v) is 10.5. The molecule has 3 aliphatic carbocycles. The minimum absolute atomic E-state index is 0.0188. The number of aromatic hydroxyl groups is 1. The number of nitrogens with zero attached hydrogens (tertiary/aromatic N) is 2. The lowest BCUT2D eigenvalue weighted by atomic mass is 9.47. The van der Waals surface area contributed by atoms with Crippen molar-refractivity contribution in [2.75, 3.05) is 14.1 Å². The molecule has 4 atom stereocenters. The number of fused-ring (bicyclic) bond motifs is 3. The third-order valence-electron chi connectivity index (χ3n) is 8.03. The van der Waals surface area contributed by atoms with E-state index in [1.165, 1.54) is 25.1 Å². The Bertz CT molecular complexity index is 1360. The van der Waals surface area contributed by atoms with E-state index in [4.69, 9.17) is 17.2 Å². The number of unbranched alkanes of at least 4 members (excludes halogenated alkanes) is 1. The maximum Gasteiger partial charge on any atom is 0.255 e. The molecule has 1 aromatic rings. The van der Waals surface area contributed by atoms with Crippen molar-refractivity contribution in [1.29, 1.82) is 5.26 Å². The zero-order chi connectivity index (χ0) is 27.7. The molecule has 1 fully saturated rings. The number of hydrogen-bond acceptors (Lipinski definition) is 10. The summed E-state index contributed by atoms with van der Waals surface area (Å²) in [5, 5.41) is 43.6. The van der Waals surface area contributed by atoms with Gasteiger partial charge in [0, 0.05) is 0 Å². The highest BCUT2D eigenvalue weighted by Crippen LogP contribution is 2.58. The van der Waals surface area contributed by atoms with Crippen molar-refractivity contribution < 1.29 is 29.7 Å². The number of primary amides is 1. The molecule has 0 unspecified atom stereocenters. The van der Waals surface area contributed by atoms with Gasteiger partial charge in [0.1, 0.15) is 22.8 Å². The quantitative estimate of drug-likeness (QED) is 0.297. The highest BCUT2D eigenvalue weighted by atomic mass is 16.3. The molecular formula is C26H31N5O6. The normalized spacial score (nSPS) is 31.1. The van der Waals surface area contributed by atoms with Crippen molar-refractivity contribution in [2.24, 2.45) is 22.6 Å². The van der Waals surface area contributed by atoms with Gasteiger partial charge in [-0.3, -0.25) is 19.3 Å². The first-order chi connectivity index (χ1) is 17.2. The number of carbonyl (C=O) groups excluding carboxylic acids is 3. The Morgan fingerprint density at radius 3 is 2.41 bits per heavy atom. The van der Waals surface area contributed by atoms with Crippen LogP contribution in [0, 0.1) is 16.7 Å². The van der Waals surface area contributed by atoms with Crippen LogP contribution in [0.4, 0.5) is 0 Å². The van der Waals surface area contributed by atoms with Crippen molar-refractivity contribution in [3.05, 3.63) is 45.7 Å². The van der Waals surface area contributed by atoms with Gasteiger partial charge in [-0.25, -0.2) is 0 Å². The summed E-state index contributed by atoms with van der Waals surface area (Å²) in [6, 6.07) is 3.48. The van der Waals surface area contributed by atoms with Gasteiger partial charge in [0.25, 0.3) is 5.91 Å². The topological polar surface area (TPSA) is 217 Å². The summed E-state index contributed by atoms with van der Waals surface area (Å²) in [5.74, 6) is -5.49. The maximum absolute atomic E-state index is 14.2. The van der Waals surface area contributed by atoms with Crippen LogP contribution in [0.1, 0.15) is 42.9 Å². The highest BCUT2D eigenvalue weighted by molar-refractivity contribution is 6.25. The Morgan fingerprint density at radius 2 is 1.86 bits per heavy atom. The standard InChI is InChI=1S/C26H31N5O6/c1-4-5-6-12-7-8-14(32)15-13(12)9-24(29)10-26(30)20(31(2)3)19(34)16(23(28)37)21(35)25(26,11-27)22(36)17(24)18(15)33/h7-8,20,32-33,35H,4-6,9-10,29-30H2,1-3H3,(H2,28,37)/t20-,24-,25+,26-/m1/s1. The van der Waals surface area contributed by atoms with Gasteiger partial charge < -0.3 is 32.5 Å². The molecule has 0 aliphatic heterocycles. The van der Waals surface area contributed by atoms with Gasteiger partial charge in [0.2, 0.25) is 0 Å². The van der Waals surface area contributed by atoms with Crippen LogP contribution in [0.25, 0.3) is 5.76 Å². The molecule has 0 saturated heterocycles. The zero-order valence-corrected chi connectivity index (χ0v) is 21.0. The number of nitriles is 1. The van der Waals surface area contributed by atoms with Gasteiger partial charge in [0.15, 0.2) is 17.0 Å². The van der Waals surface area contributed by atoms with Crippen LogP contribution in [0.2, 0.25) is 0 Å². The fraction of sp³-hybridized carbons (Fsp3) is 0.462. The highest BCUT2D eigenvalue weighted by Gasteiger charge is 2.74. The van der Waals surface area contributed by atoms with E-state index in [2.05, 4.69) is 0 Å². The average Bonchev–Trinajstić information content (AvgIpc) is 2.77. The molecule has 9 N–H and O–H groups in total. The van der Waals surface area contributed by atoms with E-state index >= 15 is 0 Å². The number of nitrogens with two attached hydrogens (primary N) is 3. The number of carbonyl (C=O) groups is 3. The Morgan fingerprint density at radius 1 is 1.22 bits per heavy atom. The third-order valence-corrected chi connectivity index (χ3v) is 8.03. The second-order valence-electron chi connectivity index (χ2n) is 10.5. The molecule has 3 aliphatic rings. The Kier molecular flexibility index (Phi) is 5.99. The number of amides is 1. The molecule has 0 bridgehead atoms. The first kappa shape index (κ1) is 26.3. The van der Waals surface area contributed by atoms with Gasteiger partial charge in [0.05, 0.1) is 34.3 Å². The number of phenolic OH excluding ortho intramolecular Hbond substituents is 1. The molecule has 11 nitrogen and oxygen atoms in total. The van der Waals surface area contributed by atoms with Crippen molar-refractivity contribution in [2.45, 2.75) is 56.1 Å². The number of aliphatic hydroxyl groups excluding tert-OH is 2. The third kappa shape index (κ3) is 3.19. The van der Waals surface area contributed by atoms with Gasteiger partial charge in [-0.1, -0.05) is 19.4 Å². The molecule has 0 spiro atoms. The Labute approximate surface area is 213 Å². The van der Waals surface area contributed by atoms with E-state index in [1.807, 2.05) is 6.92 Å². The summed E-state index contributed by atoms with van der Waals surface area (Å²) in [4.78, 5) is 41.2. The van der Waals surface area contributed by atoms with Crippen LogP contribution in [0.3, 0.4) is 0 Å². The number of likely N-dealkylation sites (N-methyl/N-ethyl adjacent to an activating group) is 1. The summed E-state index contributed by atoms with van der Waals surface area (Å²) in [6.45, 7) is 2.02. The predicted molar refractivity (Wildman–Crippen MR) is 133 cm³/mol. The van der Waals surface area contributed by atoms with Crippen molar-refractivity contribution in [3.8, 4) is 11.8 Å². The van der Waals surface area contributed by atoms with Crippen LogP contribution in [-0.2, 0) is 27.2 Å². The number of hydrogen-bond donors (Lipinski definition) is 6. The molecule has 196 valence electrons. The first-order valence-electron chi connectivity index (χ1n) is 12.0. The van der Waals surface area contributed by atoms with Gasteiger partial charge >= 0.3 is 0 Å². The molecule has 1 aromatic carbocycles.